The zero-order valence-corrected chi connectivity index (χ0v) is 24.6. The van der Waals surface area contributed by atoms with Crippen LogP contribution in [0.4, 0.5) is 27.6 Å². The summed E-state index contributed by atoms with van der Waals surface area (Å²) >= 11 is 3.08. The molecule has 1 N–H and O–H groups in total. The number of anilines is 1. The highest BCUT2D eigenvalue weighted by Gasteiger charge is 2.43. The Kier molecular flexibility index (Phi) is 8.11. The number of likely N-dealkylation sites (tertiary alicyclic amines) is 1. The van der Waals surface area contributed by atoms with Crippen molar-refractivity contribution in [3.63, 3.8) is 0 Å². The fourth-order valence-electron chi connectivity index (χ4n) is 5.51. The molecule has 1 amide bonds. The number of aliphatic imine (C=N–C) groups is 1. The second-order valence-electron chi connectivity index (χ2n) is 9.85. The molecule has 0 aromatic heterocycles. The van der Waals surface area contributed by atoms with E-state index in [4.69, 9.17) is 0 Å². The smallest absolute Gasteiger partial charge is 0.357 e. The predicted molar refractivity (Wildman–Crippen MR) is 153 cm³/mol. The molecule has 2 aromatic rings. The zero-order chi connectivity index (χ0) is 29.8. The number of amidine groups is 1. The van der Waals surface area contributed by atoms with E-state index in [-0.39, 0.29) is 59.6 Å². The first-order valence-corrected chi connectivity index (χ1v) is 14.8. The Labute approximate surface area is 250 Å². The van der Waals surface area contributed by atoms with Crippen molar-refractivity contribution < 1.29 is 36.6 Å². The molecule has 1 fully saturated rings. The predicted octanol–water partition coefficient (Wildman–Crippen LogP) is 5.04. The van der Waals surface area contributed by atoms with Gasteiger partial charge in [-0.2, -0.15) is 13.2 Å². The number of aliphatic hydroxyl groups is 1. The standard InChI is InChI=1S/C27H24F5IN4O3S/c1-3-21(39)37-14(9-15(38)10-20(37)33)12-35(2)25-17-11-18(27(30,31)32)22(16-5-4-13(28)8-19(16)29)24-23(17)36(6-7-41-24)26(40)34-25/h3-5,8,11,14,20,26,40H,1,6-7,9-10,12H2,2H3. The van der Waals surface area contributed by atoms with Crippen LogP contribution in [0, 0.1) is 11.6 Å². The van der Waals surface area contributed by atoms with Crippen LogP contribution in [0.1, 0.15) is 24.0 Å². The largest absolute Gasteiger partial charge is 0.417 e. The molecular weight excluding hydrogens is 682 g/mol. The zero-order valence-electron chi connectivity index (χ0n) is 21.6. The van der Waals surface area contributed by atoms with Gasteiger partial charge in [0, 0.05) is 66.4 Å². The van der Waals surface area contributed by atoms with Crippen LogP contribution in [0.25, 0.3) is 11.1 Å². The SMILES string of the molecule is C=CC(=O)N1C(I)CC(=O)CC1CN(C)C1=NC(O)N2CCSc3c(-c4ccc(F)cc4F)c(C(F)(F)F)cc1c32. The molecule has 2 aromatic carbocycles. The van der Waals surface area contributed by atoms with Gasteiger partial charge in [0.05, 0.1) is 21.3 Å². The molecule has 218 valence electrons. The number of nitrogens with zero attached hydrogens (tertiary/aromatic N) is 4. The Morgan fingerprint density at radius 3 is 2.66 bits per heavy atom. The number of benzene rings is 2. The second kappa shape index (κ2) is 11.2. The highest BCUT2D eigenvalue weighted by Crippen LogP contribution is 2.52. The van der Waals surface area contributed by atoms with Crippen molar-refractivity contribution in [1.29, 1.82) is 0 Å². The van der Waals surface area contributed by atoms with Crippen LogP contribution in [-0.2, 0) is 15.8 Å². The number of amides is 1. The van der Waals surface area contributed by atoms with Gasteiger partial charge in [-0.15, -0.1) is 11.8 Å². The Balaban J connectivity index is 1.65. The van der Waals surface area contributed by atoms with Crippen molar-refractivity contribution in [1.82, 2.24) is 9.80 Å². The van der Waals surface area contributed by atoms with Gasteiger partial charge in [0.25, 0.3) is 0 Å². The van der Waals surface area contributed by atoms with Crippen molar-refractivity contribution in [2.75, 3.05) is 30.8 Å². The van der Waals surface area contributed by atoms with Gasteiger partial charge in [0.2, 0.25) is 12.3 Å². The fraction of sp³-hybridized carbons (Fsp3) is 0.370. The Hall–Kier alpha value is -2.72. The summed E-state index contributed by atoms with van der Waals surface area (Å²) < 4.78 is 71.9. The lowest BCUT2D eigenvalue weighted by Gasteiger charge is -2.43. The number of ketones is 1. The maximum Gasteiger partial charge on any atom is 0.417 e. The van der Waals surface area contributed by atoms with Gasteiger partial charge in [-0.05, 0) is 24.3 Å². The van der Waals surface area contributed by atoms with Crippen LogP contribution >= 0.6 is 34.4 Å². The first kappa shape index (κ1) is 29.8. The maximum absolute atomic E-state index is 14.9. The van der Waals surface area contributed by atoms with Gasteiger partial charge in [0.1, 0.15) is 23.3 Å². The molecule has 5 rings (SSSR count). The molecule has 1 saturated heterocycles. The molecule has 3 atom stereocenters. The van der Waals surface area contributed by atoms with Crippen molar-refractivity contribution >= 4 is 57.6 Å². The van der Waals surface area contributed by atoms with Crippen LogP contribution in [0.5, 0.6) is 0 Å². The molecule has 0 aliphatic carbocycles. The molecule has 14 heteroatoms. The minimum absolute atomic E-state index is 0.0261. The lowest BCUT2D eigenvalue weighted by molar-refractivity contribution is -0.137. The first-order valence-electron chi connectivity index (χ1n) is 12.5. The molecular formula is C27H24F5IN4O3S. The van der Waals surface area contributed by atoms with E-state index in [9.17, 15) is 36.6 Å². The van der Waals surface area contributed by atoms with E-state index in [0.29, 0.717) is 11.8 Å². The Bertz CT molecular complexity index is 1470. The summed E-state index contributed by atoms with van der Waals surface area (Å²) in [7, 11) is 1.56. The summed E-state index contributed by atoms with van der Waals surface area (Å²) in [6.07, 6.45) is -5.02. The Morgan fingerprint density at radius 2 is 2.00 bits per heavy atom. The third-order valence-corrected chi connectivity index (χ3v) is 9.33. The molecule has 0 bridgehead atoms. The summed E-state index contributed by atoms with van der Waals surface area (Å²) in [6.45, 7) is 3.83. The van der Waals surface area contributed by atoms with Gasteiger partial charge in [0.15, 0.2) is 0 Å². The average molecular weight is 706 g/mol. The van der Waals surface area contributed by atoms with E-state index < -0.39 is 50.9 Å². The summed E-state index contributed by atoms with van der Waals surface area (Å²) in [4.78, 5) is 33.9. The number of carbonyl (C=O) groups is 2. The number of piperidine rings is 1. The van der Waals surface area contributed by atoms with E-state index in [2.05, 4.69) is 11.6 Å². The molecule has 3 aliphatic heterocycles. The summed E-state index contributed by atoms with van der Waals surface area (Å²) in [6, 6.07) is 2.66. The third kappa shape index (κ3) is 5.45. The van der Waals surface area contributed by atoms with Gasteiger partial charge in [-0.25, -0.2) is 13.8 Å². The quantitative estimate of drug-likeness (QED) is 0.158. The van der Waals surface area contributed by atoms with Gasteiger partial charge in [-0.1, -0.05) is 29.2 Å². The average Bonchev–Trinajstić information content (AvgIpc) is 2.89. The second-order valence-corrected chi connectivity index (χ2v) is 12.4. The molecule has 41 heavy (non-hydrogen) atoms. The van der Waals surface area contributed by atoms with Gasteiger partial charge in [-0.3, -0.25) is 9.59 Å². The number of Topliss-reactive ketones (excluding diaryl/α,β-unsaturated/α-hetero) is 1. The Morgan fingerprint density at radius 1 is 1.27 bits per heavy atom. The first-order chi connectivity index (χ1) is 19.3. The summed E-state index contributed by atoms with van der Waals surface area (Å²) in [5.74, 6) is -2.20. The third-order valence-electron chi connectivity index (χ3n) is 7.21. The summed E-state index contributed by atoms with van der Waals surface area (Å²) in [5, 5.41) is 11.0. The molecule has 3 aliphatic rings. The number of likely N-dealkylation sites (N-methyl/N-ethyl adjacent to an activating group) is 1. The minimum atomic E-state index is -4.92. The van der Waals surface area contributed by atoms with Crippen molar-refractivity contribution in [2.45, 2.75) is 40.4 Å². The highest BCUT2D eigenvalue weighted by molar-refractivity contribution is 14.1. The number of alkyl halides is 4. The molecule has 0 spiro atoms. The van der Waals surface area contributed by atoms with Gasteiger partial charge < -0.3 is 19.8 Å². The number of hydrogen-bond acceptors (Lipinski definition) is 7. The molecule has 3 heterocycles. The molecule has 0 saturated carbocycles. The summed E-state index contributed by atoms with van der Waals surface area (Å²) in [5.41, 5.74) is -1.67. The van der Waals surface area contributed by atoms with E-state index in [0.717, 1.165) is 36.0 Å². The van der Waals surface area contributed by atoms with E-state index in [1.807, 2.05) is 22.6 Å². The lowest BCUT2D eigenvalue weighted by atomic mass is 9.92. The molecule has 3 unspecified atom stereocenters. The topological polar surface area (TPSA) is 76.5 Å². The number of hydrogen-bond donors (Lipinski definition) is 1. The number of aliphatic hydroxyl groups excluding tert-OH is 1. The van der Waals surface area contributed by atoms with E-state index >= 15 is 0 Å². The van der Waals surface area contributed by atoms with Crippen LogP contribution in [-0.4, -0.2) is 74.8 Å². The number of carbonyl (C=O) groups excluding carboxylic acids is 2. The molecule has 7 nitrogen and oxygen atoms in total. The number of halogens is 6. The highest BCUT2D eigenvalue weighted by atomic mass is 127. The van der Waals surface area contributed by atoms with Crippen molar-refractivity contribution in [3.05, 3.63) is 59.7 Å². The van der Waals surface area contributed by atoms with Crippen LogP contribution in [0.2, 0.25) is 0 Å². The number of thioether (sulfide) groups is 1. The molecule has 0 radical (unpaired) electrons. The normalized spacial score (nSPS) is 22.3. The van der Waals surface area contributed by atoms with Crippen molar-refractivity contribution in [3.8, 4) is 11.1 Å². The van der Waals surface area contributed by atoms with Crippen LogP contribution < -0.4 is 4.90 Å². The lowest BCUT2D eigenvalue weighted by Crippen LogP contribution is -2.55. The van der Waals surface area contributed by atoms with Crippen molar-refractivity contribution in [2.24, 2.45) is 4.99 Å². The van der Waals surface area contributed by atoms with E-state index in [1.165, 1.54) is 14.7 Å². The number of rotatable bonds is 4. The van der Waals surface area contributed by atoms with E-state index in [1.54, 1.807) is 7.05 Å². The van der Waals surface area contributed by atoms with Gasteiger partial charge >= 0.3 is 6.18 Å². The maximum atomic E-state index is 14.9. The van der Waals surface area contributed by atoms with Crippen LogP contribution in [0.15, 0.2) is 46.8 Å². The fourth-order valence-corrected chi connectivity index (χ4v) is 7.95. The van der Waals surface area contributed by atoms with Crippen LogP contribution in [0.3, 0.4) is 0 Å². The monoisotopic (exact) mass is 706 g/mol. The minimum Gasteiger partial charge on any atom is -0.357 e.